The van der Waals surface area contributed by atoms with Crippen LogP contribution >= 0.6 is 12.0 Å². The summed E-state index contributed by atoms with van der Waals surface area (Å²) in [5, 5.41) is 34.8. The Morgan fingerprint density at radius 1 is 0.857 bits per heavy atom. The van der Waals surface area contributed by atoms with E-state index in [2.05, 4.69) is 19.6 Å². The first-order valence-corrected chi connectivity index (χ1v) is 9.21. The summed E-state index contributed by atoms with van der Waals surface area (Å²) in [5.41, 5.74) is 2.30. The highest BCUT2D eigenvalue weighted by Crippen LogP contribution is 2.39. The van der Waals surface area contributed by atoms with Crippen molar-refractivity contribution < 1.29 is 19.7 Å². The number of benzene rings is 4. The Balaban J connectivity index is 1.78. The van der Waals surface area contributed by atoms with Gasteiger partial charge in [-0.05, 0) is 47.5 Å². The maximum absolute atomic E-state index is 10.3. The summed E-state index contributed by atoms with van der Waals surface area (Å²) in [6, 6.07) is 21.0. The molecule has 6 nitrogen and oxygen atoms in total. The smallest absolute Gasteiger partial charge is 0.124 e. The summed E-state index contributed by atoms with van der Waals surface area (Å²) in [6.45, 7) is 1.93. The average molecular weight is 392 g/mol. The van der Waals surface area contributed by atoms with Gasteiger partial charge in [0.25, 0.3) is 0 Å². The minimum Gasteiger partial charge on any atom is -0.507 e. The highest BCUT2D eigenvalue weighted by Gasteiger charge is 2.11. The van der Waals surface area contributed by atoms with Crippen molar-refractivity contribution in [2.24, 2.45) is 10.2 Å². The average Bonchev–Trinajstić information content (AvgIpc) is 2.71. The molecule has 0 saturated heterocycles. The normalized spacial score (nSPS) is 11.6. The van der Waals surface area contributed by atoms with Crippen LogP contribution in [0.1, 0.15) is 5.56 Å². The molecule has 2 N–H and O–H groups in total. The van der Waals surface area contributed by atoms with E-state index in [9.17, 15) is 5.11 Å². The lowest BCUT2D eigenvalue weighted by Gasteiger charge is -2.09. The van der Waals surface area contributed by atoms with E-state index in [0.717, 1.165) is 34.1 Å². The first-order valence-electron chi connectivity index (χ1n) is 8.47. The molecule has 0 aliphatic carbocycles. The summed E-state index contributed by atoms with van der Waals surface area (Å²) in [7, 11) is 0. The minimum absolute atomic E-state index is 0.0729. The fourth-order valence-corrected chi connectivity index (χ4v) is 3.50. The first-order chi connectivity index (χ1) is 13.7. The lowest BCUT2D eigenvalue weighted by Crippen LogP contribution is -1.83. The zero-order valence-electron chi connectivity index (χ0n) is 14.9. The summed E-state index contributed by atoms with van der Waals surface area (Å²) in [4.78, 5) is 0.548. The maximum atomic E-state index is 10.3. The fourth-order valence-electron chi connectivity index (χ4n) is 3.06. The molecular formula is C21H16N2O4S. The minimum atomic E-state index is 0.0729. The van der Waals surface area contributed by atoms with Crippen LogP contribution in [0, 0.1) is 6.92 Å². The number of phenols is 1. The summed E-state index contributed by atoms with van der Waals surface area (Å²) < 4.78 is 4.47. The number of aryl methyl sites for hydroxylation is 1. The van der Waals surface area contributed by atoms with Crippen molar-refractivity contribution in [1.29, 1.82) is 0 Å². The molecule has 4 rings (SSSR count). The third kappa shape index (κ3) is 3.69. The molecule has 28 heavy (non-hydrogen) atoms. The molecule has 0 radical (unpaired) electrons. The number of aromatic hydroxyl groups is 1. The topological polar surface area (TPSA) is 83.6 Å². The van der Waals surface area contributed by atoms with Gasteiger partial charge in [-0.25, -0.2) is 5.26 Å². The molecule has 0 spiro atoms. The molecule has 0 aliphatic rings. The number of phenolic OH excluding ortho intramolecular Hbond substituents is 1. The molecule has 0 amide bonds. The summed E-state index contributed by atoms with van der Waals surface area (Å²) in [5.74, 6) is 0.0729. The molecule has 0 fully saturated rings. The monoisotopic (exact) mass is 392 g/mol. The van der Waals surface area contributed by atoms with E-state index in [-0.39, 0.29) is 5.75 Å². The molecule has 0 atom stereocenters. The van der Waals surface area contributed by atoms with Gasteiger partial charge in [0.05, 0.1) is 23.4 Å². The Bertz CT molecular complexity index is 1190. The Morgan fingerprint density at radius 2 is 1.68 bits per heavy atom. The fraction of sp³-hybridized carbons (Fsp3) is 0.0476. The van der Waals surface area contributed by atoms with E-state index in [1.807, 2.05) is 61.5 Å². The maximum Gasteiger partial charge on any atom is 0.124 e. The second kappa shape index (κ2) is 7.95. The molecule has 4 aromatic carbocycles. The summed E-state index contributed by atoms with van der Waals surface area (Å²) >= 11 is 0.775. The van der Waals surface area contributed by atoms with Crippen molar-refractivity contribution in [1.82, 2.24) is 0 Å². The lowest BCUT2D eigenvalue weighted by atomic mass is 10.0. The molecule has 7 heteroatoms. The van der Waals surface area contributed by atoms with Crippen LogP contribution in [0.2, 0.25) is 0 Å². The number of fused-ring (bicyclic) bond motifs is 2. The molecule has 0 bridgehead atoms. The third-order valence-corrected chi connectivity index (χ3v) is 4.98. The van der Waals surface area contributed by atoms with Gasteiger partial charge >= 0.3 is 0 Å². The van der Waals surface area contributed by atoms with Crippen molar-refractivity contribution in [3.05, 3.63) is 72.3 Å². The van der Waals surface area contributed by atoms with Gasteiger partial charge in [0.1, 0.15) is 5.75 Å². The molecule has 0 heterocycles. The zero-order valence-corrected chi connectivity index (χ0v) is 15.7. The van der Waals surface area contributed by atoms with E-state index >= 15 is 0 Å². The number of rotatable bonds is 5. The van der Waals surface area contributed by atoms with Crippen molar-refractivity contribution in [3.8, 4) is 5.75 Å². The van der Waals surface area contributed by atoms with Crippen LogP contribution in [-0.2, 0) is 9.37 Å². The van der Waals surface area contributed by atoms with Crippen molar-refractivity contribution >= 4 is 45.0 Å². The SMILES string of the molecule is Cc1ccc2c(O)cc(SOOO)cc2c1N=Nc1ccc2ccccc2c1. The van der Waals surface area contributed by atoms with Crippen molar-refractivity contribution in [2.45, 2.75) is 11.8 Å². The molecule has 0 aliphatic heterocycles. The zero-order chi connectivity index (χ0) is 19.5. The molecule has 140 valence electrons. The lowest BCUT2D eigenvalue weighted by molar-refractivity contribution is -0.432. The predicted molar refractivity (Wildman–Crippen MR) is 109 cm³/mol. The van der Waals surface area contributed by atoms with E-state index in [4.69, 9.17) is 5.26 Å². The van der Waals surface area contributed by atoms with Crippen LogP contribution in [0.4, 0.5) is 11.4 Å². The third-order valence-electron chi connectivity index (χ3n) is 4.42. The van der Waals surface area contributed by atoms with Gasteiger partial charge in [0.15, 0.2) is 0 Å². The van der Waals surface area contributed by atoms with Crippen LogP contribution in [0.3, 0.4) is 0 Å². The first kappa shape index (κ1) is 18.4. The van der Waals surface area contributed by atoms with Crippen LogP contribution in [-0.4, -0.2) is 10.4 Å². The quantitative estimate of drug-likeness (QED) is 0.168. The number of hydrogen-bond donors (Lipinski definition) is 2. The van der Waals surface area contributed by atoms with Gasteiger partial charge in [0, 0.05) is 15.7 Å². The molecule has 0 aromatic heterocycles. The number of hydrogen-bond acceptors (Lipinski definition) is 7. The number of azo groups is 1. The van der Waals surface area contributed by atoms with E-state index < -0.39 is 0 Å². The van der Waals surface area contributed by atoms with Gasteiger partial charge in [-0.2, -0.15) is 5.11 Å². The Kier molecular flexibility index (Phi) is 5.23. The van der Waals surface area contributed by atoms with Crippen LogP contribution in [0.15, 0.2) is 81.9 Å². The second-order valence-corrected chi connectivity index (χ2v) is 7.00. The van der Waals surface area contributed by atoms with Crippen LogP contribution in [0.5, 0.6) is 5.75 Å². The van der Waals surface area contributed by atoms with E-state index in [1.54, 1.807) is 6.07 Å². The second-order valence-electron chi connectivity index (χ2n) is 6.23. The van der Waals surface area contributed by atoms with Gasteiger partial charge < -0.3 is 5.11 Å². The Morgan fingerprint density at radius 3 is 2.50 bits per heavy atom. The van der Waals surface area contributed by atoms with Crippen molar-refractivity contribution in [3.63, 3.8) is 0 Å². The Labute approximate surface area is 165 Å². The molecule has 0 saturated carbocycles. The molecular weight excluding hydrogens is 376 g/mol. The van der Waals surface area contributed by atoms with Crippen LogP contribution in [0.25, 0.3) is 21.5 Å². The number of nitrogens with zero attached hydrogens (tertiary/aromatic N) is 2. The van der Waals surface area contributed by atoms with E-state index in [1.165, 1.54) is 6.07 Å². The van der Waals surface area contributed by atoms with E-state index in [0.29, 0.717) is 21.4 Å². The molecule has 4 aromatic rings. The predicted octanol–water partition coefficient (Wildman–Crippen LogP) is 6.85. The van der Waals surface area contributed by atoms with Gasteiger partial charge in [-0.3, -0.25) is 0 Å². The summed E-state index contributed by atoms with van der Waals surface area (Å²) in [6.07, 6.45) is 0. The van der Waals surface area contributed by atoms with Crippen molar-refractivity contribution in [2.75, 3.05) is 0 Å². The Hall–Kier alpha value is -2.97. The largest absolute Gasteiger partial charge is 0.507 e. The van der Waals surface area contributed by atoms with Gasteiger partial charge in [0.2, 0.25) is 0 Å². The highest BCUT2D eigenvalue weighted by molar-refractivity contribution is 7.94. The standard InChI is InChI=1S/C21H16N2O4S/c1-13-6-9-18-19(11-17(12-20(18)24)28-27-26-25)21(13)23-22-16-8-7-14-4-2-3-5-15(14)10-16/h2-12,24-25H,1H3. The highest BCUT2D eigenvalue weighted by atomic mass is 32.2. The van der Waals surface area contributed by atoms with Gasteiger partial charge in [-0.1, -0.05) is 47.5 Å². The van der Waals surface area contributed by atoms with Crippen LogP contribution < -0.4 is 0 Å². The molecule has 0 unspecified atom stereocenters. The van der Waals surface area contributed by atoms with Gasteiger partial charge in [-0.15, -0.1) is 9.45 Å².